The number of nitrogens with one attached hydrogen (secondary N) is 2. The Labute approximate surface area is 190 Å². The van der Waals surface area contributed by atoms with Crippen molar-refractivity contribution in [2.24, 2.45) is 0 Å². The zero-order valence-electron chi connectivity index (χ0n) is 17.2. The molecule has 6 heteroatoms. The smallest absolute Gasteiger partial charge is 0.256 e. The molecule has 4 aromatic rings. The molecule has 4 nitrogen and oxygen atoms in total. The Bertz CT molecular complexity index is 1190. The highest BCUT2D eigenvalue weighted by molar-refractivity contribution is 7.16. The van der Waals surface area contributed by atoms with Crippen molar-refractivity contribution >= 4 is 39.7 Å². The van der Waals surface area contributed by atoms with E-state index in [0.717, 1.165) is 32.4 Å². The standard InChI is InChI=1S/C25H22ClN3OS/c1-16-17(2)31-25(29-24(30)18-10-4-3-5-11-18)22(16)23(19-12-6-7-13-20(19)26)28-21-14-8-9-15-27-21/h3-15,23H,1-2H3,(H,27,28)(H,29,30)/t23-/m1/s1. The van der Waals surface area contributed by atoms with Crippen molar-refractivity contribution in [3.05, 3.63) is 111 Å². The molecule has 4 rings (SSSR count). The van der Waals surface area contributed by atoms with E-state index >= 15 is 0 Å². The molecule has 0 fully saturated rings. The van der Waals surface area contributed by atoms with Crippen LogP contribution in [0, 0.1) is 13.8 Å². The second-order valence-electron chi connectivity index (χ2n) is 7.16. The maximum absolute atomic E-state index is 12.9. The second-order valence-corrected chi connectivity index (χ2v) is 8.79. The van der Waals surface area contributed by atoms with Crippen LogP contribution in [0.5, 0.6) is 0 Å². The van der Waals surface area contributed by atoms with Gasteiger partial charge in [0.1, 0.15) is 10.8 Å². The van der Waals surface area contributed by atoms with Gasteiger partial charge < -0.3 is 10.6 Å². The molecule has 31 heavy (non-hydrogen) atoms. The van der Waals surface area contributed by atoms with E-state index in [0.29, 0.717) is 10.6 Å². The van der Waals surface area contributed by atoms with Crippen LogP contribution in [0.25, 0.3) is 0 Å². The molecule has 0 bridgehead atoms. The molecule has 0 unspecified atom stereocenters. The summed E-state index contributed by atoms with van der Waals surface area (Å²) < 4.78 is 0. The molecule has 0 saturated heterocycles. The van der Waals surface area contributed by atoms with Crippen LogP contribution in [0.15, 0.2) is 79.0 Å². The van der Waals surface area contributed by atoms with E-state index in [1.54, 1.807) is 29.7 Å². The van der Waals surface area contributed by atoms with Crippen LogP contribution in [-0.4, -0.2) is 10.9 Å². The second kappa shape index (κ2) is 9.33. The normalized spacial score (nSPS) is 11.7. The van der Waals surface area contributed by atoms with Crippen molar-refractivity contribution in [1.82, 2.24) is 4.98 Å². The Kier molecular flexibility index (Phi) is 6.35. The van der Waals surface area contributed by atoms with Crippen molar-refractivity contribution in [1.29, 1.82) is 0 Å². The summed E-state index contributed by atoms with van der Waals surface area (Å²) in [7, 11) is 0. The fourth-order valence-electron chi connectivity index (χ4n) is 3.46. The van der Waals surface area contributed by atoms with E-state index in [-0.39, 0.29) is 11.9 Å². The largest absolute Gasteiger partial charge is 0.359 e. The van der Waals surface area contributed by atoms with E-state index in [9.17, 15) is 4.79 Å². The van der Waals surface area contributed by atoms with E-state index in [4.69, 9.17) is 11.6 Å². The Morgan fingerprint density at radius 2 is 1.68 bits per heavy atom. The number of hydrogen-bond acceptors (Lipinski definition) is 4. The molecule has 0 saturated carbocycles. The zero-order chi connectivity index (χ0) is 21.8. The van der Waals surface area contributed by atoms with Crippen LogP contribution < -0.4 is 10.6 Å². The molecule has 0 aliphatic carbocycles. The van der Waals surface area contributed by atoms with Crippen LogP contribution in [0.2, 0.25) is 5.02 Å². The number of halogens is 1. The third-order valence-electron chi connectivity index (χ3n) is 5.16. The summed E-state index contributed by atoms with van der Waals surface area (Å²) in [4.78, 5) is 18.5. The fraction of sp³-hybridized carbons (Fsp3) is 0.120. The molecule has 0 aliphatic rings. The predicted octanol–water partition coefficient (Wildman–Crippen LogP) is 6.87. The molecule has 1 atom stereocenters. The quantitative estimate of drug-likeness (QED) is 0.339. The van der Waals surface area contributed by atoms with Gasteiger partial charge in [0.2, 0.25) is 0 Å². The number of anilines is 2. The number of pyridine rings is 1. The first kappa shape index (κ1) is 21.1. The lowest BCUT2D eigenvalue weighted by atomic mass is 9.96. The third kappa shape index (κ3) is 4.63. The molecule has 0 spiro atoms. The first-order valence-corrected chi connectivity index (χ1v) is 11.1. The van der Waals surface area contributed by atoms with E-state index < -0.39 is 0 Å². The predicted molar refractivity (Wildman–Crippen MR) is 129 cm³/mol. The number of amides is 1. The van der Waals surface area contributed by atoms with E-state index in [2.05, 4.69) is 29.5 Å². The highest BCUT2D eigenvalue weighted by atomic mass is 35.5. The first-order chi connectivity index (χ1) is 15.0. The number of carbonyl (C=O) groups excluding carboxylic acids is 1. The SMILES string of the molecule is Cc1sc(NC(=O)c2ccccc2)c([C@H](Nc2ccccn2)c2ccccc2Cl)c1C. The summed E-state index contributed by atoms with van der Waals surface area (Å²) in [5.41, 5.74) is 3.64. The van der Waals surface area contributed by atoms with Gasteiger partial charge in [0.15, 0.2) is 0 Å². The topological polar surface area (TPSA) is 54.0 Å². The minimum atomic E-state index is -0.278. The molecular formula is C25H22ClN3OS. The van der Waals surface area contributed by atoms with Crippen LogP contribution in [0.4, 0.5) is 10.8 Å². The number of benzene rings is 2. The molecule has 1 amide bonds. The molecule has 156 valence electrons. The Hall–Kier alpha value is -3.15. The van der Waals surface area contributed by atoms with Gasteiger partial charge in [-0.05, 0) is 55.3 Å². The minimum Gasteiger partial charge on any atom is -0.359 e. The summed E-state index contributed by atoms with van der Waals surface area (Å²) in [6.45, 7) is 4.13. The van der Waals surface area contributed by atoms with Gasteiger partial charge in [0.25, 0.3) is 5.91 Å². The molecule has 2 N–H and O–H groups in total. The lowest BCUT2D eigenvalue weighted by Gasteiger charge is -2.23. The van der Waals surface area contributed by atoms with E-state index in [1.807, 2.05) is 60.7 Å². The molecule has 2 aromatic carbocycles. The third-order valence-corrected chi connectivity index (χ3v) is 6.64. The maximum Gasteiger partial charge on any atom is 0.256 e. The van der Waals surface area contributed by atoms with Crippen LogP contribution in [0.3, 0.4) is 0 Å². The number of aryl methyl sites for hydroxylation is 1. The number of rotatable bonds is 6. The van der Waals surface area contributed by atoms with Gasteiger partial charge >= 0.3 is 0 Å². The zero-order valence-corrected chi connectivity index (χ0v) is 18.8. The summed E-state index contributed by atoms with van der Waals surface area (Å²) in [6.07, 6.45) is 1.75. The average Bonchev–Trinajstić information content (AvgIpc) is 3.07. The maximum atomic E-state index is 12.9. The fourth-order valence-corrected chi connectivity index (χ4v) is 4.80. The van der Waals surface area contributed by atoms with Crippen LogP contribution in [-0.2, 0) is 0 Å². The van der Waals surface area contributed by atoms with Gasteiger partial charge in [-0.2, -0.15) is 0 Å². The van der Waals surface area contributed by atoms with Crippen LogP contribution >= 0.6 is 22.9 Å². The molecule has 2 heterocycles. The molecule has 2 aromatic heterocycles. The van der Waals surface area contributed by atoms with Crippen molar-refractivity contribution in [2.45, 2.75) is 19.9 Å². The summed E-state index contributed by atoms with van der Waals surface area (Å²) in [6, 6.07) is 22.4. The Balaban J connectivity index is 1.79. The number of carbonyl (C=O) groups is 1. The van der Waals surface area contributed by atoms with Gasteiger partial charge in [-0.3, -0.25) is 4.79 Å². The monoisotopic (exact) mass is 447 g/mol. The highest BCUT2D eigenvalue weighted by Crippen LogP contribution is 2.42. The summed E-state index contributed by atoms with van der Waals surface area (Å²) >= 11 is 8.17. The van der Waals surface area contributed by atoms with Crippen molar-refractivity contribution in [3.8, 4) is 0 Å². The summed E-state index contributed by atoms with van der Waals surface area (Å²) in [5.74, 6) is 0.592. The van der Waals surface area contributed by atoms with Crippen LogP contribution in [0.1, 0.15) is 38.0 Å². The minimum absolute atomic E-state index is 0.140. The summed E-state index contributed by atoms with van der Waals surface area (Å²) in [5, 5.41) is 8.10. The van der Waals surface area contributed by atoms with Crippen molar-refractivity contribution < 1.29 is 4.79 Å². The van der Waals surface area contributed by atoms with Gasteiger partial charge in [-0.25, -0.2) is 4.98 Å². The average molecular weight is 448 g/mol. The van der Waals surface area contributed by atoms with Crippen molar-refractivity contribution in [2.75, 3.05) is 10.6 Å². The molecule has 0 aliphatic heterocycles. The molecular weight excluding hydrogens is 426 g/mol. The Morgan fingerprint density at radius 1 is 0.968 bits per heavy atom. The van der Waals surface area contributed by atoms with Crippen molar-refractivity contribution in [3.63, 3.8) is 0 Å². The van der Waals surface area contributed by atoms with Gasteiger partial charge in [-0.1, -0.05) is 54.1 Å². The molecule has 0 radical (unpaired) electrons. The van der Waals surface area contributed by atoms with Gasteiger partial charge in [0.05, 0.1) is 6.04 Å². The highest BCUT2D eigenvalue weighted by Gasteiger charge is 2.26. The number of hydrogen-bond donors (Lipinski definition) is 2. The number of aromatic nitrogens is 1. The number of thiophene rings is 1. The first-order valence-electron chi connectivity index (χ1n) is 9.93. The van der Waals surface area contributed by atoms with E-state index in [1.165, 1.54) is 0 Å². The number of nitrogens with zero attached hydrogens (tertiary/aromatic N) is 1. The lowest BCUT2D eigenvalue weighted by molar-refractivity contribution is 0.102. The van der Waals surface area contributed by atoms with Gasteiger partial charge in [0, 0.05) is 27.2 Å². The van der Waals surface area contributed by atoms with Gasteiger partial charge in [-0.15, -0.1) is 11.3 Å². The Morgan fingerprint density at radius 3 is 2.39 bits per heavy atom. The lowest BCUT2D eigenvalue weighted by Crippen LogP contribution is -2.18.